The molecule has 2 unspecified atom stereocenters. The van der Waals surface area contributed by atoms with Crippen LogP contribution in [0.15, 0.2) is 78.1 Å². The predicted molar refractivity (Wildman–Crippen MR) is 163 cm³/mol. The molecule has 0 aliphatic carbocycles. The van der Waals surface area contributed by atoms with Crippen molar-refractivity contribution in [2.45, 2.75) is 31.1 Å². The van der Waals surface area contributed by atoms with Crippen LogP contribution in [0, 0.1) is 0 Å². The summed E-state index contributed by atoms with van der Waals surface area (Å²) in [6, 6.07) is 17.7. The van der Waals surface area contributed by atoms with Gasteiger partial charge in [0.05, 0.1) is 13.3 Å². The second-order valence-electron chi connectivity index (χ2n) is 10.7. The van der Waals surface area contributed by atoms with E-state index < -0.39 is 57.7 Å². The lowest BCUT2D eigenvalue weighted by molar-refractivity contribution is -0.0181. The number of ether oxygens (including phenoxy) is 1. The molecule has 4 aromatic rings. The van der Waals surface area contributed by atoms with Gasteiger partial charge >= 0.3 is 15.1 Å². The largest absolute Gasteiger partial charge is 0.387 e. The van der Waals surface area contributed by atoms with E-state index in [4.69, 9.17) is 15.0 Å². The number of aromatic nitrogens is 4. The van der Waals surface area contributed by atoms with Crippen molar-refractivity contribution in [1.82, 2.24) is 19.3 Å². The highest BCUT2D eigenvalue weighted by molar-refractivity contribution is 7.72. The number of hydrogen-bond acceptors (Lipinski definition) is 12. The Morgan fingerprint density at radius 2 is 1.76 bits per heavy atom. The number of benzene rings is 2. The van der Waals surface area contributed by atoms with E-state index in [1.54, 1.807) is 4.90 Å². The lowest BCUT2D eigenvalue weighted by Crippen LogP contribution is -2.46. The average Bonchev–Trinajstić information content (AvgIpc) is 3.73. The molecule has 2 aromatic carbocycles. The van der Waals surface area contributed by atoms with E-state index in [0.29, 0.717) is 0 Å². The SMILES string of the molecule is Nc1nc2c(c(=O)[nH]1)N(Cc1ccc(-c3ccccc3)cc1)CN2[C@@H]1O[C@H](COP(=O)(O)CP(=O)(O)n2ccnc2)[C@@H](O)[C@H]1O. The normalized spacial score (nSPS) is 23.9. The maximum absolute atomic E-state index is 13.0. The monoisotopic (exact) mass is 659 g/mol. The average molecular weight is 660 g/mol. The first-order valence-corrected chi connectivity index (χ1v) is 17.3. The first-order chi connectivity index (χ1) is 21.4. The zero-order valence-corrected chi connectivity index (χ0v) is 25.4. The number of H-pyrrole nitrogens is 1. The van der Waals surface area contributed by atoms with Crippen LogP contribution in [0.1, 0.15) is 5.56 Å². The number of nitrogens with one attached hydrogen (secondary N) is 1. The van der Waals surface area contributed by atoms with Crippen LogP contribution in [-0.4, -0.2) is 83.0 Å². The molecule has 0 bridgehead atoms. The van der Waals surface area contributed by atoms with Crippen LogP contribution in [0.5, 0.6) is 0 Å². The maximum Gasteiger partial charge on any atom is 0.339 e. The van der Waals surface area contributed by atoms with E-state index in [0.717, 1.165) is 27.4 Å². The molecule has 2 aliphatic rings. The van der Waals surface area contributed by atoms with Gasteiger partial charge in [-0.2, -0.15) is 4.98 Å². The smallest absolute Gasteiger partial charge is 0.339 e. The van der Waals surface area contributed by atoms with Crippen LogP contribution in [0.4, 0.5) is 17.5 Å². The Bertz CT molecular complexity index is 1810. The Kier molecular flexibility index (Phi) is 8.41. The predicted octanol–water partition coefficient (Wildman–Crippen LogP) is 1.34. The van der Waals surface area contributed by atoms with Crippen LogP contribution in [0.3, 0.4) is 0 Å². The number of fused-ring (bicyclic) bond motifs is 1. The molecule has 0 amide bonds. The molecule has 6 rings (SSSR count). The quantitative estimate of drug-likeness (QED) is 0.132. The van der Waals surface area contributed by atoms with Crippen molar-refractivity contribution in [3.63, 3.8) is 0 Å². The maximum atomic E-state index is 13.0. The topological polar surface area (TPSA) is 230 Å². The molecular weight excluding hydrogens is 628 g/mol. The van der Waals surface area contributed by atoms with Gasteiger partial charge in [-0.1, -0.05) is 54.6 Å². The molecule has 2 aliphatic heterocycles. The van der Waals surface area contributed by atoms with Crippen molar-refractivity contribution < 1.29 is 38.4 Å². The fourth-order valence-electron chi connectivity index (χ4n) is 5.36. The number of anilines is 3. The summed E-state index contributed by atoms with van der Waals surface area (Å²) in [7, 11) is -9.01. The molecule has 45 heavy (non-hydrogen) atoms. The van der Waals surface area contributed by atoms with E-state index in [2.05, 4.69) is 15.0 Å². The number of aliphatic hydroxyl groups is 2. The first kappa shape index (κ1) is 31.1. The van der Waals surface area contributed by atoms with Crippen molar-refractivity contribution >= 4 is 32.6 Å². The second-order valence-corrected chi connectivity index (χ2v) is 15.2. The Balaban J connectivity index is 1.17. The Morgan fingerprint density at radius 1 is 1.04 bits per heavy atom. The van der Waals surface area contributed by atoms with Crippen molar-refractivity contribution in [2.75, 3.05) is 34.7 Å². The van der Waals surface area contributed by atoms with Gasteiger partial charge in [-0.3, -0.25) is 23.2 Å². The lowest BCUT2D eigenvalue weighted by atomic mass is 10.0. The second kappa shape index (κ2) is 12.2. The van der Waals surface area contributed by atoms with Crippen LogP contribution in [0.25, 0.3) is 11.1 Å². The minimum Gasteiger partial charge on any atom is -0.387 e. The van der Waals surface area contributed by atoms with Crippen molar-refractivity contribution in [3.05, 3.63) is 89.2 Å². The Morgan fingerprint density at radius 3 is 2.44 bits per heavy atom. The zero-order valence-electron chi connectivity index (χ0n) is 23.6. The molecule has 18 heteroatoms. The van der Waals surface area contributed by atoms with Crippen molar-refractivity contribution in [1.29, 1.82) is 0 Å². The van der Waals surface area contributed by atoms with Crippen molar-refractivity contribution in [3.8, 4) is 11.1 Å². The number of nitrogen functional groups attached to an aromatic ring is 1. The highest BCUT2D eigenvalue weighted by Crippen LogP contribution is 2.58. The van der Waals surface area contributed by atoms with Gasteiger partial charge in [0.1, 0.15) is 36.2 Å². The highest BCUT2D eigenvalue weighted by atomic mass is 31.2. The minimum absolute atomic E-state index is 0.0222. The van der Waals surface area contributed by atoms with Crippen molar-refractivity contribution in [2.24, 2.45) is 0 Å². The summed E-state index contributed by atoms with van der Waals surface area (Å²) >= 11 is 0. The molecule has 6 atom stereocenters. The lowest BCUT2D eigenvalue weighted by Gasteiger charge is -2.28. The zero-order chi connectivity index (χ0) is 31.9. The molecule has 16 nitrogen and oxygen atoms in total. The molecule has 2 aromatic heterocycles. The van der Waals surface area contributed by atoms with Gasteiger partial charge in [0.15, 0.2) is 12.0 Å². The summed E-state index contributed by atoms with van der Waals surface area (Å²) in [6.07, 6.45) is -2.23. The Labute approximate surface area is 256 Å². The standard InChI is InChI=1S/C27H31N7O9P2/c28-27-30-24-21(25(37)31-27)32(12-17-6-8-19(9-7-17)18-4-2-1-3-5-18)15-34(24)26-23(36)22(35)20(43-26)13-42-45(40,41)16-44(38,39)33-11-10-29-14-33/h1-11,14,20,22-23,26,35-36H,12-13,15-16H2,(H,38,39)(H,40,41)(H3,28,30,31,37)/t20-,22-,23-,26-/m1/s1. The van der Waals surface area contributed by atoms with Gasteiger partial charge in [0, 0.05) is 18.9 Å². The van der Waals surface area contributed by atoms with E-state index in [9.17, 15) is 33.9 Å². The van der Waals surface area contributed by atoms with Gasteiger partial charge < -0.3 is 44.8 Å². The van der Waals surface area contributed by atoms with Crippen LogP contribution in [0.2, 0.25) is 0 Å². The molecule has 0 saturated carbocycles. The summed E-state index contributed by atoms with van der Waals surface area (Å²) in [5.41, 5.74) is 8.47. The molecule has 1 fully saturated rings. The van der Waals surface area contributed by atoms with E-state index in [1.165, 1.54) is 17.3 Å². The van der Waals surface area contributed by atoms with Gasteiger partial charge in [-0.05, 0) is 16.7 Å². The molecule has 238 valence electrons. The van der Waals surface area contributed by atoms with Gasteiger partial charge in [0.25, 0.3) is 5.56 Å². The van der Waals surface area contributed by atoms with E-state index >= 15 is 0 Å². The van der Waals surface area contributed by atoms with Crippen LogP contribution in [-0.2, 0) is 24.9 Å². The molecule has 0 spiro atoms. The minimum atomic E-state index is -4.67. The van der Waals surface area contributed by atoms with E-state index in [1.807, 2.05) is 54.6 Å². The number of rotatable bonds is 10. The number of hydrogen-bond donors (Lipinski definition) is 6. The number of imidazole rings is 1. The van der Waals surface area contributed by atoms with Crippen LogP contribution < -0.4 is 21.1 Å². The molecule has 0 radical (unpaired) electrons. The molecular formula is C27H31N7O9P2. The summed E-state index contributed by atoms with van der Waals surface area (Å²) < 4.78 is 36.9. The number of aromatic amines is 1. The molecule has 4 heterocycles. The Hall–Kier alpha value is -3.85. The number of aliphatic hydroxyl groups excluding tert-OH is 2. The molecule has 1 saturated heterocycles. The van der Waals surface area contributed by atoms with Gasteiger partial charge in [-0.15, -0.1) is 0 Å². The van der Waals surface area contributed by atoms with Gasteiger partial charge in [0.2, 0.25) is 5.95 Å². The fourth-order valence-corrected chi connectivity index (χ4v) is 9.00. The summed E-state index contributed by atoms with van der Waals surface area (Å²) in [4.78, 5) is 47.1. The first-order valence-electron chi connectivity index (χ1n) is 13.8. The fraction of sp³-hybridized carbons (Fsp3) is 0.296. The van der Waals surface area contributed by atoms with Crippen LogP contribution >= 0.6 is 15.1 Å². The number of nitrogens with zero attached hydrogens (tertiary/aromatic N) is 5. The summed E-state index contributed by atoms with van der Waals surface area (Å²) in [5, 5.41) is 21.7. The third-order valence-corrected chi connectivity index (χ3v) is 12.0. The third-order valence-electron chi connectivity index (χ3n) is 7.54. The van der Waals surface area contributed by atoms with Gasteiger partial charge in [-0.25, -0.2) is 4.98 Å². The summed E-state index contributed by atoms with van der Waals surface area (Å²) in [5.74, 6) is -1.17. The summed E-state index contributed by atoms with van der Waals surface area (Å²) in [6.45, 7) is -0.374. The third kappa shape index (κ3) is 6.45. The molecule has 7 N–H and O–H groups in total. The van der Waals surface area contributed by atoms with E-state index in [-0.39, 0.29) is 30.7 Å². The highest BCUT2D eigenvalue weighted by Gasteiger charge is 2.50. The number of nitrogens with two attached hydrogens (primary N) is 1.